The van der Waals surface area contributed by atoms with Crippen LogP contribution in [0.2, 0.25) is 0 Å². The second-order valence-electron chi connectivity index (χ2n) is 6.25. The monoisotopic (exact) mass is 419 g/mol. The van der Waals surface area contributed by atoms with Crippen molar-refractivity contribution in [2.45, 2.75) is 50.7 Å². The summed E-state index contributed by atoms with van der Waals surface area (Å²) in [6.07, 6.45) is 5.17. The molecular weight excluding hydrogens is 396 g/mol. The normalized spacial score (nSPS) is 20.3. The fourth-order valence-electron chi connectivity index (χ4n) is 2.92. The van der Waals surface area contributed by atoms with E-state index in [0.717, 1.165) is 62.6 Å². The smallest absolute Gasteiger partial charge is 0.407 e. The molecule has 0 unspecified atom stereocenters. The van der Waals surface area contributed by atoms with Crippen LogP contribution < -0.4 is 4.74 Å². The summed E-state index contributed by atoms with van der Waals surface area (Å²) in [5.74, 6) is -1.86. The number of hydrogen-bond donors (Lipinski definition) is 0. The molecule has 0 atom stereocenters. The van der Waals surface area contributed by atoms with E-state index in [-0.39, 0.29) is 17.9 Å². The predicted octanol–water partition coefficient (Wildman–Crippen LogP) is 4.90. The summed E-state index contributed by atoms with van der Waals surface area (Å²) < 4.78 is 37.4. The molecule has 0 bridgehead atoms. The summed E-state index contributed by atoms with van der Waals surface area (Å²) in [5, 5.41) is 0.991. The number of amides is 1. The van der Waals surface area contributed by atoms with Crippen molar-refractivity contribution in [1.29, 1.82) is 0 Å². The van der Waals surface area contributed by atoms with Gasteiger partial charge in [-0.3, -0.25) is 0 Å². The highest BCUT2D eigenvalue weighted by molar-refractivity contribution is 9.09. The van der Waals surface area contributed by atoms with Crippen molar-refractivity contribution in [3.05, 3.63) is 29.8 Å². The van der Waals surface area contributed by atoms with E-state index >= 15 is 0 Å². The molecule has 1 aliphatic carbocycles. The van der Waals surface area contributed by atoms with Crippen LogP contribution in [0.25, 0.3) is 0 Å². The Bertz CT molecular complexity index is 565. The van der Waals surface area contributed by atoms with E-state index in [2.05, 4.69) is 15.9 Å². The quantitative estimate of drug-likeness (QED) is 0.466. The van der Waals surface area contributed by atoms with Gasteiger partial charge in [-0.2, -0.15) is 0 Å². The minimum absolute atomic E-state index is 0.0402. The van der Waals surface area contributed by atoms with Gasteiger partial charge >= 0.3 is 6.09 Å². The third kappa shape index (κ3) is 6.22. The average molecular weight is 420 g/mol. The van der Waals surface area contributed by atoms with Gasteiger partial charge in [0.05, 0.1) is 6.10 Å². The molecule has 1 fully saturated rings. The van der Waals surface area contributed by atoms with Crippen LogP contribution in [0.4, 0.5) is 13.6 Å². The van der Waals surface area contributed by atoms with E-state index in [0.29, 0.717) is 6.07 Å². The average Bonchev–Trinajstić information content (AvgIpc) is 2.61. The van der Waals surface area contributed by atoms with Crippen LogP contribution in [0, 0.1) is 11.6 Å². The molecule has 1 saturated carbocycles. The molecule has 0 aliphatic heterocycles. The van der Waals surface area contributed by atoms with E-state index in [1.807, 2.05) is 0 Å². The zero-order valence-electron chi connectivity index (χ0n) is 14.3. The number of unbranched alkanes of at least 4 members (excludes halogenated alkanes) is 1. The summed E-state index contributed by atoms with van der Waals surface area (Å²) in [6, 6.07) is 2.91. The van der Waals surface area contributed by atoms with Crippen molar-refractivity contribution in [2.24, 2.45) is 0 Å². The zero-order valence-corrected chi connectivity index (χ0v) is 15.9. The Morgan fingerprint density at radius 1 is 1.24 bits per heavy atom. The molecule has 0 spiro atoms. The second kappa shape index (κ2) is 10.1. The summed E-state index contributed by atoms with van der Waals surface area (Å²) in [6.45, 7) is 0.767. The van der Waals surface area contributed by atoms with Crippen LogP contribution >= 0.6 is 15.9 Å². The Hall–Kier alpha value is -1.21. The number of nitrogens with zero attached hydrogens (tertiary/aromatic N) is 1. The number of rotatable bonds is 7. The number of carbonyl (C=O) groups excluding carboxylic acids is 1. The number of carbonyl (C=O) groups is 1. The molecule has 1 aliphatic rings. The topological polar surface area (TPSA) is 38.8 Å². The number of halogens is 3. The van der Waals surface area contributed by atoms with Gasteiger partial charge in [0.1, 0.15) is 5.82 Å². The third-order valence-corrected chi connectivity index (χ3v) is 5.01. The molecule has 0 heterocycles. The fourth-order valence-corrected chi connectivity index (χ4v) is 3.32. The van der Waals surface area contributed by atoms with Crippen LogP contribution in [-0.4, -0.2) is 42.1 Å². The predicted molar refractivity (Wildman–Crippen MR) is 95.2 cm³/mol. The third-order valence-electron chi connectivity index (χ3n) is 4.45. The number of alkyl halides is 1. The number of benzene rings is 1. The molecule has 1 aromatic carbocycles. The van der Waals surface area contributed by atoms with Crippen molar-refractivity contribution < 1.29 is 23.0 Å². The highest BCUT2D eigenvalue weighted by Crippen LogP contribution is 2.26. The molecule has 7 heteroatoms. The van der Waals surface area contributed by atoms with Gasteiger partial charge in [-0.15, -0.1) is 0 Å². The standard InChI is InChI=1S/C18H24BrF2NO3/c1-22(18(23)25-17-9-4-13(20)12-16(17)21)14-5-7-15(8-6-14)24-11-3-2-10-19/h4,9,12,14-15H,2-3,5-8,10-11H2,1H3. The SMILES string of the molecule is CN(C(=O)Oc1ccc(F)cc1F)C1CCC(OCCCCBr)CC1. The Kier molecular flexibility index (Phi) is 8.09. The van der Waals surface area contributed by atoms with Crippen LogP contribution in [-0.2, 0) is 4.74 Å². The van der Waals surface area contributed by atoms with Crippen LogP contribution in [0.1, 0.15) is 38.5 Å². The van der Waals surface area contributed by atoms with E-state index in [9.17, 15) is 13.6 Å². The molecule has 2 rings (SSSR count). The lowest BCUT2D eigenvalue weighted by atomic mass is 9.92. The Morgan fingerprint density at radius 3 is 2.60 bits per heavy atom. The number of ether oxygens (including phenoxy) is 2. The maximum absolute atomic E-state index is 13.6. The van der Waals surface area contributed by atoms with Crippen molar-refractivity contribution in [3.8, 4) is 5.75 Å². The van der Waals surface area contributed by atoms with Gasteiger partial charge in [-0.1, -0.05) is 15.9 Å². The molecule has 4 nitrogen and oxygen atoms in total. The van der Waals surface area contributed by atoms with Gasteiger partial charge < -0.3 is 14.4 Å². The van der Waals surface area contributed by atoms with E-state index in [1.165, 1.54) is 4.90 Å². The van der Waals surface area contributed by atoms with Gasteiger partial charge in [0.25, 0.3) is 0 Å². The first-order chi connectivity index (χ1) is 12.0. The molecular formula is C18H24BrF2NO3. The van der Waals surface area contributed by atoms with Crippen molar-refractivity contribution in [1.82, 2.24) is 4.90 Å². The molecule has 0 radical (unpaired) electrons. The lowest BCUT2D eigenvalue weighted by molar-refractivity contribution is 0.0110. The second-order valence-corrected chi connectivity index (χ2v) is 7.04. The first kappa shape index (κ1) is 20.1. The molecule has 0 N–H and O–H groups in total. The first-order valence-electron chi connectivity index (χ1n) is 8.58. The molecule has 140 valence electrons. The summed E-state index contributed by atoms with van der Waals surface area (Å²) >= 11 is 3.40. The van der Waals surface area contributed by atoms with Gasteiger partial charge in [0.15, 0.2) is 11.6 Å². The first-order valence-corrected chi connectivity index (χ1v) is 9.70. The zero-order chi connectivity index (χ0) is 18.2. The van der Waals surface area contributed by atoms with E-state index < -0.39 is 17.7 Å². The van der Waals surface area contributed by atoms with E-state index in [4.69, 9.17) is 9.47 Å². The maximum Gasteiger partial charge on any atom is 0.415 e. The highest BCUT2D eigenvalue weighted by Gasteiger charge is 2.28. The van der Waals surface area contributed by atoms with Crippen molar-refractivity contribution in [3.63, 3.8) is 0 Å². The molecule has 1 aromatic rings. The van der Waals surface area contributed by atoms with Gasteiger partial charge in [0.2, 0.25) is 0 Å². The fraction of sp³-hybridized carbons (Fsp3) is 0.611. The van der Waals surface area contributed by atoms with Gasteiger partial charge in [-0.05, 0) is 50.7 Å². The summed E-state index contributed by atoms with van der Waals surface area (Å²) in [5.41, 5.74) is 0. The van der Waals surface area contributed by atoms with Gasteiger partial charge in [0, 0.05) is 31.1 Å². The Labute approximate surface area is 155 Å². The van der Waals surface area contributed by atoms with E-state index in [1.54, 1.807) is 7.05 Å². The maximum atomic E-state index is 13.6. The minimum Gasteiger partial charge on any atom is -0.407 e. The van der Waals surface area contributed by atoms with Crippen LogP contribution in [0.5, 0.6) is 5.75 Å². The molecule has 0 aromatic heterocycles. The van der Waals surface area contributed by atoms with Crippen LogP contribution in [0.3, 0.4) is 0 Å². The molecule has 25 heavy (non-hydrogen) atoms. The largest absolute Gasteiger partial charge is 0.415 e. The van der Waals surface area contributed by atoms with Crippen molar-refractivity contribution in [2.75, 3.05) is 19.0 Å². The lowest BCUT2D eigenvalue weighted by Gasteiger charge is -2.34. The summed E-state index contributed by atoms with van der Waals surface area (Å²) in [7, 11) is 1.64. The minimum atomic E-state index is -0.887. The Morgan fingerprint density at radius 2 is 1.96 bits per heavy atom. The highest BCUT2D eigenvalue weighted by atomic mass is 79.9. The van der Waals surface area contributed by atoms with Crippen LogP contribution in [0.15, 0.2) is 18.2 Å². The molecule has 0 saturated heterocycles. The summed E-state index contributed by atoms with van der Waals surface area (Å²) in [4.78, 5) is 13.7. The lowest BCUT2D eigenvalue weighted by Crippen LogP contribution is -2.42. The molecule has 1 amide bonds. The van der Waals surface area contributed by atoms with Crippen molar-refractivity contribution >= 4 is 22.0 Å². The number of hydrogen-bond acceptors (Lipinski definition) is 3. The van der Waals surface area contributed by atoms with Gasteiger partial charge in [-0.25, -0.2) is 13.6 Å². The Balaban J connectivity index is 1.77.